The van der Waals surface area contributed by atoms with Crippen molar-refractivity contribution in [2.75, 3.05) is 13.7 Å². The van der Waals surface area contributed by atoms with Gasteiger partial charge in [0, 0.05) is 12.2 Å². The number of ether oxygens (including phenoxy) is 1. The molecule has 0 aliphatic heterocycles. The van der Waals surface area contributed by atoms with Crippen LogP contribution < -0.4 is 4.74 Å². The highest BCUT2D eigenvalue weighted by atomic mass is 16.5. The highest BCUT2D eigenvalue weighted by molar-refractivity contribution is 5.80. The van der Waals surface area contributed by atoms with Crippen molar-refractivity contribution in [1.82, 2.24) is 9.97 Å². The number of rotatable bonds is 4. The number of methoxy groups -OCH3 is 1. The quantitative estimate of drug-likeness (QED) is 0.765. The second-order valence-corrected chi connectivity index (χ2v) is 4.64. The number of imidazole rings is 1. The summed E-state index contributed by atoms with van der Waals surface area (Å²) in [5.41, 5.74) is 3.99. The lowest BCUT2D eigenvalue weighted by Crippen LogP contribution is -1.89. The van der Waals surface area contributed by atoms with E-state index < -0.39 is 0 Å². The van der Waals surface area contributed by atoms with E-state index in [0.29, 0.717) is 6.42 Å². The van der Waals surface area contributed by atoms with Crippen LogP contribution >= 0.6 is 0 Å². The normalized spacial score (nSPS) is 10.9. The maximum absolute atomic E-state index is 8.99. The molecule has 2 N–H and O–H groups in total. The van der Waals surface area contributed by atoms with Crippen molar-refractivity contribution in [3.05, 3.63) is 48.0 Å². The molecule has 0 unspecified atom stereocenters. The first kappa shape index (κ1) is 12.7. The van der Waals surface area contributed by atoms with Crippen LogP contribution in [0.1, 0.15) is 5.56 Å². The number of aliphatic hydroxyl groups is 1. The molecular formula is C16H16N2O2. The minimum absolute atomic E-state index is 0.155. The molecule has 0 bridgehead atoms. The Labute approximate surface area is 117 Å². The number of benzene rings is 2. The summed E-state index contributed by atoms with van der Waals surface area (Å²) >= 11 is 0. The molecule has 0 fully saturated rings. The first-order chi connectivity index (χ1) is 9.80. The van der Waals surface area contributed by atoms with Crippen LogP contribution in [-0.4, -0.2) is 28.8 Å². The van der Waals surface area contributed by atoms with Crippen molar-refractivity contribution in [1.29, 1.82) is 0 Å². The average molecular weight is 268 g/mol. The number of hydrogen-bond acceptors (Lipinski definition) is 3. The van der Waals surface area contributed by atoms with Crippen molar-refractivity contribution in [2.24, 2.45) is 0 Å². The van der Waals surface area contributed by atoms with Crippen LogP contribution in [0.4, 0.5) is 0 Å². The van der Waals surface area contributed by atoms with Crippen LogP contribution in [0, 0.1) is 0 Å². The van der Waals surface area contributed by atoms with Gasteiger partial charge in [-0.1, -0.05) is 18.2 Å². The predicted molar refractivity (Wildman–Crippen MR) is 78.9 cm³/mol. The van der Waals surface area contributed by atoms with Gasteiger partial charge in [0.1, 0.15) is 11.6 Å². The van der Waals surface area contributed by atoms with E-state index in [1.54, 1.807) is 7.11 Å². The fourth-order valence-corrected chi connectivity index (χ4v) is 2.25. The summed E-state index contributed by atoms with van der Waals surface area (Å²) in [6, 6.07) is 13.8. The highest BCUT2D eigenvalue weighted by Gasteiger charge is 2.06. The smallest absolute Gasteiger partial charge is 0.138 e. The maximum Gasteiger partial charge on any atom is 0.138 e. The molecule has 102 valence electrons. The third-order valence-electron chi connectivity index (χ3n) is 3.29. The van der Waals surface area contributed by atoms with Crippen LogP contribution in [0.5, 0.6) is 5.75 Å². The van der Waals surface area contributed by atoms with Crippen molar-refractivity contribution >= 4 is 11.0 Å². The van der Waals surface area contributed by atoms with E-state index in [1.165, 1.54) is 0 Å². The largest absolute Gasteiger partial charge is 0.497 e. The fourth-order valence-electron chi connectivity index (χ4n) is 2.25. The fraction of sp³-hybridized carbons (Fsp3) is 0.188. The Kier molecular flexibility index (Phi) is 3.39. The molecule has 0 aliphatic carbocycles. The average Bonchev–Trinajstić information content (AvgIpc) is 2.91. The lowest BCUT2D eigenvalue weighted by atomic mass is 10.1. The number of aliphatic hydroxyl groups excluding tert-OH is 1. The molecule has 1 aromatic heterocycles. The first-order valence-electron chi connectivity index (χ1n) is 6.54. The van der Waals surface area contributed by atoms with Crippen LogP contribution in [0.15, 0.2) is 42.5 Å². The van der Waals surface area contributed by atoms with Gasteiger partial charge < -0.3 is 14.8 Å². The number of nitrogens with one attached hydrogen (secondary N) is 1. The van der Waals surface area contributed by atoms with Crippen LogP contribution in [0.3, 0.4) is 0 Å². The van der Waals surface area contributed by atoms with Gasteiger partial charge in [0.15, 0.2) is 0 Å². The van der Waals surface area contributed by atoms with Gasteiger partial charge in [-0.2, -0.15) is 0 Å². The maximum atomic E-state index is 8.99. The van der Waals surface area contributed by atoms with Crippen LogP contribution in [0.2, 0.25) is 0 Å². The van der Waals surface area contributed by atoms with Gasteiger partial charge in [-0.15, -0.1) is 0 Å². The SMILES string of the molecule is COc1cccc(-c2nc3ccc(CCO)cc3[nH]2)c1. The van der Waals surface area contributed by atoms with Crippen molar-refractivity contribution < 1.29 is 9.84 Å². The van der Waals surface area contributed by atoms with E-state index in [-0.39, 0.29) is 6.61 Å². The van der Waals surface area contributed by atoms with Crippen molar-refractivity contribution in [2.45, 2.75) is 6.42 Å². The third-order valence-corrected chi connectivity index (χ3v) is 3.29. The summed E-state index contributed by atoms with van der Waals surface area (Å²) in [4.78, 5) is 7.90. The zero-order chi connectivity index (χ0) is 13.9. The Hall–Kier alpha value is -2.33. The lowest BCUT2D eigenvalue weighted by Gasteiger charge is -2.01. The molecule has 0 atom stereocenters. The number of hydrogen-bond donors (Lipinski definition) is 2. The summed E-state index contributed by atoms with van der Waals surface area (Å²) < 4.78 is 5.23. The molecule has 0 aliphatic rings. The zero-order valence-electron chi connectivity index (χ0n) is 11.3. The topological polar surface area (TPSA) is 58.1 Å². The molecule has 0 spiro atoms. The standard InChI is InChI=1S/C16H16N2O2/c1-20-13-4-2-3-12(10-13)16-17-14-6-5-11(7-8-19)9-15(14)18-16/h2-6,9-10,19H,7-8H2,1H3,(H,17,18). The molecule has 0 radical (unpaired) electrons. The minimum atomic E-state index is 0.155. The number of aromatic amines is 1. The van der Waals surface area contributed by atoms with Crippen LogP contribution in [0.25, 0.3) is 22.4 Å². The molecule has 0 amide bonds. The molecule has 1 heterocycles. The summed E-state index contributed by atoms with van der Waals surface area (Å²) in [6.45, 7) is 0.155. The number of H-pyrrole nitrogens is 1. The lowest BCUT2D eigenvalue weighted by molar-refractivity contribution is 0.299. The first-order valence-corrected chi connectivity index (χ1v) is 6.54. The van der Waals surface area contributed by atoms with Crippen molar-refractivity contribution in [3.8, 4) is 17.1 Å². The van der Waals surface area contributed by atoms with E-state index in [0.717, 1.165) is 33.7 Å². The molecular weight excluding hydrogens is 252 g/mol. The van der Waals surface area contributed by atoms with Gasteiger partial charge in [-0.3, -0.25) is 0 Å². The molecule has 4 heteroatoms. The summed E-state index contributed by atoms with van der Waals surface area (Å²) in [6.07, 6.45) is 0.656. The molecule has 4 nitrogen and oxygen atoms in total. The Morgan fingerprint density at radius 1 is 1.20 bits per heavy atom. The Morgan fingerprint density at radius 2 is 2.10 bits per heavy atom. The van der Waals surface area contributed by atoms with E-state index in [9.17, 15) is 0 Å². The van der Waals surface area contributed by atoms with Gasteiger partial charge in [-0.25, -0.2) is 4.98 Å². The van der Waals surface area contributed by atoms with E-state index in [1.807, 2.05) is 42.5 Å². The summed E-state index contributed by atoms with van der Waals surface area (Å²) in [7, 11) is 1.65. The number of nitrogens with zero attached hydrogens (tertiary/aromatic N) is 1. The zero-order valence-corrected chi connectivity index (χ0v) is 11.3. The van der Waals surface area contributed by atoms with Gasteiger partial charge in [0.25, 0.3) is 0 Å². The van der Waals surface area contributed by atoms with E-state index in [2.05, 4.69) is 9.97 Å². The van der Waals surface area contributed by atoms with E-state index >= 15 is 0 Å². The van der Waals surface area contributed by atoms with Gasteiger partial charge in [0.2, 0.25) is 0 Å². The van der Waals surface area contributed by atoms with Gasteiger partial charge >= 0.3 is 0 Å². The van der Waals surface area contributed by atoms with Crippen LogP contribution in [-0.2, 0) is 6.42 Å². The molecule has 3 aromatic rings. The monoisotopic (exact) mass is 268 g/mol. The van der Waals surface area contributed by atoms with Gasteiger partial charge in [0.05, 0.1) is 18.1 Å². The van der Waals surface area contributed by atoms with E-state index in [4.69, 9.17) is 9.84 Å². The third kappa shape index (κ3) is 2.38. The molecule has 0 saturated heterocycles. The highest BCUT2D eigenvalue weighted by Crippen LogP contribution is 2.24. The number of aromatic nitrogens is 2. The molecule has 2 aromatic carbocycles. The Bertz CT molecular complexity index is 734. The number of fused-ring (bicyclic) bond motifs is 1. The molecule has 20 heavy (non-hydrogen) atoms. The van der Waals surface area contributed by atoms with Crippen molar-refractivity contribution in [3.63, 3.8) is 0 Å². The predicted octanol–water partition coefficient (Wildman–Crippen LogP) is 2.77. The Balaban J connectivity index is 2.03. The summed E-state index contributed by atoms with van der Waals surface area (Å²) in [5.74, 6) is 1.63. The second kappa shape index (κ2) is 5.35. The minimum Gasteiger partial charge on any atom is -0.497 e. The molecule has 0 saturated carbocycles. The van der Waals surface area contributed by atoms with Gasteiger partial charge in [-0.05, 0) is 36.2 Å². The second-order valence-electron chi connectivity index (χ2n) is 4.64. The molecule has 3 rings (SSSR count). The summed E-state index contributed by atoms with van der Waals surface area (Å²) in [5, 5.41) is 8.99. The Morgan fingerprint density at radius 3 is 2.90 bits per heavy atom.